The van der Waals surface area contributed by atoms with Gasteiger partial charge in [0.05, 0.1) is 24.1 Å². The van der Waals surface area contributed by atoms with E-state index in [1.807, 2.05) is 15.8 Å². The highest BCUT2D eigenvalue weighted by molar-refractivity contribution is 6.99. The maximum atomic E-state index is 12.4. The largest absolute Gasteiger partial charge is 0.336 e. The molecule has 1 aliphatic rings. The lowest BCUT2D eigenvalue weighted by molar-refractivity contribution is 0.0756. The highest BCUT2D eigenvalue weighted by atomic mass is 32.1. The average Bonchev–Trinajstić information content (AvgIpc) is 3.17. The first-order valence-corrected chi connectivity index (χ1v) is 8.80. The normalized spacial score (nSPS) is 16.5. The van der Waals surface area contributed by atoms with Crippen LogP contribution in [0.4, 0.5) is 0 Å². The van der Waals surface area contributed by atoms with E-state index in [9.17, 15) is 4.79 Å². The highest BCUT2D eigenvalue weighted by Crippen LogP contribution is 2.11. The second-order valence-electron chi connectivity index (χ2n) is 5.83. The molecular weight excluding hydrogens is 312 g/mol. The first kappa shape index (κ1) is 16.1. The zero-order valence-electron chi connectivity index (χ0n) is 13.4. The van der Waals surface area contributed by atoms with Gasteiger partial charge in [0.2, 0.25) is 0 Å². The molecule has 3 heterocycles. The Kier molecular flexibility index (Phi) is 5.35. The van der Waals surface area contributed by atoms with Crippen LogP contribution in [-0.4, -0.2) is 60.4 Å². The minimum absolute atomic E-state index is 0.00337. The minimum Gasteiger partial charge on any atom is -0.336 e. The summed E-state index contributed by atoms with van der Waals surface area (Å²) >= 11 is 1.08. The van der Waals surface area contributed by atoms with Crippen LogP contribution in [0.5, 0.6) is 0 Å². The van der Waals surface area contributed by atoms with E-state index in [2.05, 4.69) is 31.9 Å². The van der Waals surface area contributed by atoms with Crippen LogP contribution in [0, 0.1) is 0 Å². The number of hydrogen-bond acceptors (Lipinski definition) is 6. The van der Waals surface area contributed by atoms with Crippen LogP contribution in [0.15, 0.2) is 18.6 Å². The molecule has 1 amide bonds. The van der Waals surface area contributed by atoms with Crippen molar-refractivity contribution in [1.29, 1.82) is 0 Å². The molecule has 0 spiro atoms. The lowest BCUT2D eigenvalue weighted by atomic mass is 10.3. The van der Waals surface area contributed by atoms with Crippen molar-refractivity contribution in [2.75, 3.05) is 26.2 Å². The fraction of sp³-hybridized carbons (Fsp3) is 0.600. The summed E-state index contributed by atoms with van der Waals surface area (Å²) in [5, 5.41) is 4.38. The molecule has 7 nitrogen and oxygen atoms in total. The highest BCUT2D eigenvalue weighted by Gasteiger charge is 2.22. The van der Waals surface area contributed by atoms with Gasteiger partial charge in [0.25, 0.3) is 5.91 Å². The maximum Gasteiger partial charge on any atom is 0.275 e. The molecule has 0 bridgehead atoms. The minimum atomic E-state index is -0.00337. The van der Waals surface area contributed by atoms with E-state index in [0.29, 0.717) is 5.69 Å². The molecule has 0 atom stereocenters. The van der Waals surface area contributed by atoms with E-state index in [-0.39, 0.29) is 5.91 Å². The number of hydrogen-bond donors (Lipinski definition) is 0. The van der Waals surface area contributed by atoms with Gasteiger partial charge in [-0.3, -0.25) is 14.4 Å². The Morgan fingerprint density at radius 2 is 2.17 bits per heavy atom. The molecule has 0 aromatic carbocycles. The van der Waals surface area contributed by atoms with Crippen molar-refractivity contribution >= 4 is 17.6 Å². The van der Waals surface area contributed by atoms with Crippen molar-refractivity contribution in [1.82, 2.24) is 28.3 Å². The number of carbonyl (C=O) groups is 1. The van der Waals surface area contributed by atoms with Crippen molar-refractivity contribution in [3.8, 4) is 0 Å². The van der Waals surface area contributed by atoms with Gasteiger partial charge < -0.3 is 4.90 Å². The zero-order valence-corrected chi connectivity index (χ0v) is 14.2. The third-order valence-corrected chi connectivity index (χ3v) is 4.48. The number of nitrogens with zero attached hydrogens (tertiary/aromatic N) is 6. The summed E-state index contributed by atoms with van der Waals surface area (Å²) in [6, 6.07) is 0. The van der Waals surface area contributed by atoms with Gasteiger partial charge in [0.1, 0.15) is 0 Å². The second-order valence-corrected chi connectivity index (χ2v) is 6.38. The van der Waals surface area contributed by atoms with Crippen LogP contribution >= 0.6 is 11.7 Å². The Balaban J connectivity index is 1.54. The van der Waals surface area contributed by atoms with E-state index in [0.717, 1.165) is 63.8 Å². The summed E-state index contributed by atoms with van der Waals surface area (Å²) in [7, 11) is 0. The Labute approximate surface area is 140 Å². The second kappa shape index (κ2) is 7.65. The summed E-state index contributed by atoms with van der Waals surface area (Å²) in [4.78, 5) is 16.6. The lowest BCUT2D eigenvalue weighted by Gasteiger charge is -2.20. The third-order valence-electron chi connectivity index (χ3n) is 4.00. The lowest BCUT2D eigenvalue weighted by Crippen LogP contribution is -2.35. The number of rotatable bonds is 5. The van der Waals surface area contributed by atoms with Crippen LogP contribution in [0.2, 0.25) is 0 Å². The fourth-order valence-corrected chi connectivity index (χ4v) is 3.26. The van der Waals surface area contributed by atoms with Gasteiger partial charge >= 0.3 is 0 Å². The van der Waals surface area contributed by atoms with Crippen molar-refractivity contribution in [3.05, 3.63) is 29.8 Å². The van der Waals surface area contributed by atoms with E-state index in [4.69, 9.17) is 0 Å². The molecule has 1 saturated heterocycles. The van der Waals surface area contributed by atoms with E-state index in [1.165, 1.54) is 5.56 Å². The molecule has 2 aromatic rings. The van der Waals surface area contributed by atoms with Gasteiger partial charge in [0, 0.05) is 51.0 Å². The van der Waals surface area contributed by atoms with Crippen LogP contribution in [-0.2, 0) is 13.1 Å². The monoisotopic (exact) mass is 334 g/mol. The molecule has 1 aliphatic heterocycles. The molecule has 3 rings (SSSR count). The standard InChI is InChI=1S/C15H22N6OS/c1-2-4-21-12-13(9-16-21)11-19-5-3-6-20(8-7-19)15(22)14-10-17-23-18-14/h9-10,12H,2-8,11H2,1H3. The molecule has 2 aromatic heterocycles. The maximum absolute atomic E-state index is 12.4. The molecule has 0 unspecified atom stereocenters. The summed E-state index contributed by atoms with van der Waals surface area (Å²) in [5.74, 6) is -0.00337. The number of amides is 1. The number of aromatic nitrogens is 4. The Morgan fingerprint density at radius 3 is 2.96 bits per heavy atom. The van der Waals surface area contributed by atoms with E-state index >= 15 is 0 Å². The molecule has 0 N–H and O–H groups in total. The van der Waals surface area contributed by atoms with Gasteiger partial charge in [-0.1, -0.05) is 6.92 Å². The molecule has 1 fully saturated rings. The molecule has 0 radical (unpaired) electrons. The molecule has 0 aliphatic carbocycles. The Bertz CT molecular complexity index is 626. The number of carbonyl (C=O) groups excluding carboxylic acids is 1. The molecule has 0 saturated carbocycles. The molecule has 124 valence electrons. The quantitative estimate of drug-likeness (QED) is 0.829. The molecule has 23 heavy (non-hydrogen) atoms. The van der Waals surface area contributed by atoms with Crippen molar-refractivity contribution < 1.29 is 4.79 Å². The van der Waals surface area contributed by atoms with Crippen molar-refractivity contribution in [2.45, 2.75) is 32.9 Å². The van der Waals surface area contributed by atoms with Gasteiger partial charge in [-0.25, -0.2) is 0 Å². The average molecular weight is 334 g/mol. The third kappa shape index (κ3) is 4.14. The summed E-state index contributed by atoms with van der Waals surface area (Å²) in [6.07, 6.45) is 7.69. The topological polar surface area (TPSA) is 67.2 Å². The fourth-order valence-electron chi connectivity index (χ4n) is 2.85. The zero-order chi connectivity index (χ0) is 16.1. The van der Waals surface area contributed by atoms with E-state index in [1.54, 1.807) is 6.20 Å². The van der Waals surface area contributed by atoms with Crippen LogP contribution < -0.4 is 0 Å². The first-order chi connectivity index (χ1) is 11.3. The van der Waals surface area contributed by atoms with Gasteiger partial charge in [0.15, 0.2) is 5.69 Å². The summed E-state index contributed by atoms with van der Waals surface area (Å²) < 4.78 is 9.95. The van der Waals surface area contributed by atoms with Crippen LogP contribution in [0.3, 0.4) is 0 Å². The molecule has 8 heteroatoms. The predicted molar refractivity (Wildman–Crippen MR) is 88.2 cm³/mol. The van der Waals surface area contributed by atoms with Gasteiger partial charge in [-0.05, 0) is 12.8 Å². The van der Waals surface area contributed by atoms with Crippen LogP contribution in [0.1, 0.15) is 35.8 Å². The summed E-state index contributed by atoms with van der Waals surface area (Å²) in [6.45, 7) is 7.40. The van der Waals surface area contributed by atoms with Crippen LogP contribution in [0.25, 0.3) is 0 Å². The SMILES string of the molecule is CCCn1cc(CN2CCCN(C(=O)c3cnsn3)CC2)cn1. The summed E-state index contributed by atoms with van der Waals surface area (Å²) in [5.41, 5.74) is 1.70. The van der Waals surface area contributed by atoms with Gasteiger partial charge in [-0.15, -0.1) is 0 Å². The number of aryl methyl sites for hydroxylation is 1. The predicted octanol–water partition coefficient (Wildman–Crippen LogP) is 1.49. The smallest absolute Gasteiger partial charge is 0.275 e. The first-order valence-electron chi connectivity index (χ1n) is 8.07. The molecular formula is C15H22N6OS. The van der Waals surface area contributed by atoms with Gasteiger partial charge in [-0.2, -0.15) is 13.8 Å². The van der Waals surface area contributed by atoms with Crippen molar-refractivity contribution in [2.24, 2.45) is 0 Å². The Hall–Kier alpha value is -1.80. The van der Waals surface area contributed by atoms with Crippen molar-refractivity contribution in [3.63, 3.8) is 0 Å². The Morgan fingerprint density at radius 1 is 1.26 bits per heavy atom. The van der Waals surface area contributed by atoms with E-state index < -0.39 is 0 Å².